The minimum absolute atomic E-state index is 0.182. The summed E-state index contributed by atoms with van der Waals surface area (Å²) in [6, 6.07) is 1.53. The summed E-state index contributed by atoms with van der Waals surface area (Å²) >= 11 is 0. The average Bonchev–Trinajstić information content (AvgIpc) is 2.86. The first kappa shape index (κ1) is 13.7. The van der Waals surface area contributed by atoms with Crippen molar-refractivity contribution in [1.82, 2.24) is 20.1 Å². The molecule has 4 nitrogen and oxygen atoms in total. The summed E-state index contributed by atoms with van der Waals surface area (Å²) in [5, 5.41) is 7.59. The van der Waals surface area contributed by atoms with Crippen LogP contribution in [0.2, 0.25) is 0 Å². The number of rotatable bonds is 6. The summed E-state index contributed by atoms with van der Waals surface area (Å²) in [7, 11) is 0. The van der Waals surface area contributed by atoms with E-state index in [0.717, 1.165) is 25.1 Å². The normalized spacial score (nSPS) is 12.6. The van der Waals surface area contributed by atoms with Crippen molar-refractivity contribution >= 4 is 0 Å². The highest BCUT2D eigenvalue weighted by molar-refractivity contribution is 5.28. The number of nitrogens with one attached hydrogen (secondary N) is 1. The van der Waals surface area contributed by atoms with Crippen LogP contribution >= 0.6 is 0 Å². The van der Waals surface area contributed by atoms with Crippen LogP contribution in [0.1, 0.15) is 37.4 Å². The van der Waals surface area contributed by atoms with Gasteiger partial charge in [0.2, 0.25) is 0 Å². The van der Waals surface area contributed by atoms with Crippen molar-refractivity contribution in [3.63, 3.8) is 0 Å². The molecular weight excluding hydrogens is 243 g/mol. The molecule has 0 aliphatic heterocycles. The first-order valence-corrected chi connectivity index (χ1v) is 6.61. The van der Waals surface area contributed by atoms with E-state index in [1.165, 1.54) is 6.20 Å². The molecule has 0 bridgehead atoms. The van der Waals surface area contributed by atoms with Crippen molar-refractivity contribution in [2.75, 3.05) is 6.54 Å². The molecule has 0 amide bonds. The van der Waals surface area contributed by atoms with Gasteiger partial charge >= 0.3 is 0 Å². The molecule has 2 heterocycles. The Bertz CT molecular complexity index is 524. The van der Waals surface area contributed by atoms with Crippen molar-refractivity contribution in [2.45, 2.75) is 32.9 Å². The van der Waals surface area contributed by atoms with E-state index in [0.29, 0.717) is 5.56 Å². The Kier molecular flexibility index (Phi) is 4.63. The maximum atomic E-state index is 13.9. The molecule has 0 spiro atoms. The Balaban J connectivity index is 2.31. The molecule has 0 saturated heterocycles. The lowest BCUT2D eigenvalue weighted by Gasteiger charge is -2.17. The molecule has 0 radical (unpaired) electrons. The van der Waals surface area contributed by atoms with Gasteiger partial charge in [-0.05, 0) is 19.0 Å². The summed E-state index contributed by atoms with van der Waals surface area (Å²) in [6.07, 6.45) is 7.64. The number of aryl methyl sites for hydroxylation is 1. The number of nitrogens with zero attached hydrogens (tertiary/aromatic N) is 3. The lowest BCUT2D eigenvalue weighted by Crippen LogP contribution is -2.22. The zero-order valence-corrected chi connectivity index (χ0v) is 11.3. The fraction of sp³-hybridized carbons (Fsp3) is 0.429. The zero-order valence-electron chi connectivity index (χ0n) is 11.3. The smallest absolute Gasteiger partial charge is 0.146 e. The Morgan fingerprint density at radius 1 is 1.37 bits per heavy atom. The van der Waals surface area contributed by atoms with Gasteiger partial charge in [-0.15, -0.1) is 0 Å². The molecule has 2 aromatic heterocycles. The van der Waals surface area contributed by atoms with Crippen molar-refractivity contribution in [1.29, 1.82) is 0 Å². The van der Waals surface area contributed by atoms with Crippen LogP contribution in [0.4, 0.5) is 4.39 Å². The van der Waals surface area contributed by atoms with E-state index < -0.39 is 0 Å². The van der Waals surface area contributed by atoms with Crippen molar-refractivity contribution in [3.8, 4) is 0 Å². The summed E-state index contributed by atoms with van der Waals surface area (Å²) in [6.45, 7) is 5.73. The fourth-order valence-electron chi connectivity index (χ4n) is 2.11. The van der Waals surface area contributed by atoms with Gasteiger partial charge in [0.1, 0.15) is 5.82 Å². The van der Waals surface area contributed by atoms with Crippen LogP contribution in [0, 0.1) is 5.82 Å². The first-order chi connectivity index (χ1) is 9.26. The summed E-state index contributed by atoms with van der Waals surface area (Å²) in [4.78, 5) is 3.79. The number of hydrogen-bond donors (Lipinski definition) is 1. The topological polar surface area (TPSA) is 42.7 Å². The Morgan fingerprint density at radius 3 is 2.89 bits per heavy atom. The van der Waals surface area contributed by atoms with Crippen LogP contribution < -0.4 is 5.32 Å². The second-order valence-corrected chi connectivity index (χ2v) is 4.42. The van der Waals surface area contributed by atoms with E-state index >= 15 is 0 Å². The van der Waals surface area contributed by atoms with Crippen LogP contribution in [0.5, 0.6) is 0 Å². The molecule has 0 aromatic carbocycles. The molecule has 1 atom stereocenters. The van der Waals surface area contributed by atoms with Gasteiger partial charge in [-0.2, -0.15) is 5.10 Å². The van der Waals surface area contributed by atoms with Gasteiger partial charge < -0.3 is 5.32 Å². The van der Waals surface area contributed by atoms with E-state index in [1.54, 1.807) is 18.5 Å². The van der Waals surface area contributed by atoms with Gasteiger partial charge in [0.15, 0.2) is 0 Å². The van der Waals surface area contributed by atoms with E-state index in [9.17, 15) is 4.39 Å². The predicted molar refractivity (Wildman–Crippen MR) is 72.2 cm³/mol. The van der Waals surface area contributed by atoms with Gasteiger partial charge in [0.05, 0.1) is 18.4 Å². The largest absolute Gasteiger partial charge is 0.306 e. The van der Waals surface area contributed by atoms with Crippen molar-refractivity contribution in [2.24, 2.45) is 0 Å². The van der Waals surface area contributed by atoms with Crippen molar-refractivity contribution < 1.29 is 4.39 Å². The Hall–Kier alpha value is -1.75. The SMILES string of the molecule is CCCn1cc(C(NCC)c2ccncc2F)cn1. The molecule has 0 fully saturated rings. The molecule has 5 heteroatoms. The molecular formula is C14H19FN4. The molecule has 2 aromatic rings. The van der Waals surface area contributed by atoms with Gasteiger partial charge in [-0.3, -0.25) is 9.67 Å². The summed E-state index contributed by atoms with van der Waals surface area (Å²) in [5.41, 5.74) is 1.58. The highest BCUT2D eigenvalue weighted by atomic mass is 19.1. The Labute approximate surface area is 112 Å². The maximum absolute atomic E-state index is 13.9. The highest BCUT2D eigenvalue weighted by Gasteiger charge is 2.18. The molecule has 0 aliphatic carbocycles. The Morgan fingerprint density at radius 2 is 2.21 bits per heavy atom. The minimum Gasteiger partial charge on any atom is -0.306 e. The number of aromatic nitrogens is 3. The minimum atomic E-state index is -0.295. The van der Waals surface area contributed by atoms with Gasteiger partial charge in [-0.1, -0.05) is 13.8 Å². The molecule has 19 heavy (non-hydrogen) atoms. The van der Waals surface area contributed by atoms with Crippen LogP contribution in [0.15, 0.2) is 30.9 Å². The van der Waals surface area contributed by atoms with Crippen LogP contribution in [-0.4, -0.2) is 21.3 Å². The van der Waals surface area contributed by atoms with E-state index in [1.807, 2.05) is 17.8 Å². The third-order valence-electron chi connectivity index (χ3n) is 2.96. The lowest BCUT2D eigenvalue weighted by molar-refractivity contribution is 0.553. The number of hydrogen-bond acceptors (Lipinski definition) is 3. The standard InChI is InChI=1S/C14H19FN4/c1-3-7-19-10-11(8-18-19)14(17-4-2)12-5-6-16-9-13(12)15/h5-6,8-10,14,17H,3-4,7H2,1-2H3. The second-order valence-electron chi connectivity index (χ2n) is 4.42. The van der Waals surface area contributed by atoms with Crippen LogP contribution in [-0.2, 0) is 6.54 Å². The first-order valence-electron chi connectivity index (χ1n) is 6.61. The molecule has 1 unspecified atom stereocenters. The van der Waals surface area contributed by atoms with E-state index in [2.05, 4.69) is 22.3 Å². The van der Waals surface area contributed by atoms with Crippen LogP contribution in [0.3, 0.4) is 0 Å². The van der Waals surface area contributed by atoms with Gasteiger partial charge in [0, 0.05) is 30.1 Å². The summed E-state index contributed by atoms with van der Waals surface area (Å²) < 4.78 is 15.8. The number of halogens is 1. The van der Waals surface area contributed by atoms with Gasteiger partial charge in [-0.25, -0.2) is 4.39 Å². The molecule has 1 N–H and O–H groups in total. The van der Waals surface area contributed by atoms with Crippen molar-refractivity contribution in [3.05, 3.63) is 47.8 Å². The second kappa shape index (κ2) is 6.43. The van der Waals surface area contributed by atoms with Gasteiger partial charge in [0.25, 0.3) is 0 Å². The molecule has 2 rings (SSSR count). The summed E-state index contributed by atoms with van der Waals surface area (Å²) in [5.74, 6) is -0.295. The lowest BCUT2D eigenvalue weighted by atomic mass is 10.0. The third-order valence-corrected chi connectivity index (χ3v) is 2.96. The fourth-order valence-corrected chi connectivity index (χ4v) is 2.11. The molecule has 0 aliphatic rings. The maximum Gasteiger partial charge on any atom is 0.146 e. The highest BCUT2D eigenvalue weighted by Crippen LogP contribution is 2.23. The zero-order chi connectivity index (χ0) is 13.7. The van der Waals surface area contributed by atoms with E-state index in [-0.39, 0.29) is 11.9 Å². The molecule has 102 valence electrons. The average molecular weight is 262 g/mol. The third kappa shape index (κ3) is 3.17. The molecule has 0 saturated carbocycles. The van der Waals surface area contributed by atoms with Crippen LogP contribution in [0.25, 0.3) is 0 Å². The van der Waals surface area contributed by atoms with E-state index in [4.69, 9.17) is 0 Å². The monoisotopic (exact) mass is 262 g/mol. The quantitative estimate of drug-likeness (QED) is 0.870. The number of pyridine rings is 1. The predicted octanol–water partition coefficient (Wildman–Crippen LogP) is 2.53.